The van der Waals surface area contributed by atoms with E-state index in [1.807, 2.05) is 0 Å². The van der Waals surface area contributed by atoms with Gasteiger partial charge in [-0.3, -0.25) is 0 Å². The van der Waals surface area contributed by atoms with Crippen LogP contribution in [0, 0.1) is 11.8 Å². The van der Waals surface area contributed by atoms with Crippen molar-refractivity contribution in [1.29, 1.82) is 0 Å². The van der Waals surface area contributed by atoms with Crippen LogP contribution in [0.4, 0.5) is 18.9 Å². The molecule has 21 heavy (non-hydrogen) atoms. The number of halogens is 3. The van der Waals surface area contributed by atoms with Crippen LogP contribution in [0.15, 0.2) is 24.3 Å². The van der Waals surface area contributed by atoms with Gasteiger partial charge in [0.1, 0.15) is 0 Å². The molecular weight excluding hydrogens is 279 g/mol. The molecule has 5 heteroatoms. The SMILES string of the molecule is CC(C)C1CCCCC1Nc1ccccc1OC(F)(F)F. The molecule has 0 aliphatic heterocycles. The van der Waals surface area contributed by atoms with E-state index in [4.69, 9.17) is 0 Å². The molecule has 1 saturated carbocycles. The quantitative estimate of drug-likeness (QED) is 0.824. The van der Waals surface area contributed by atoms with Gasteiger partial charge < -0.3 is 10.1 Å². The second-order valence-corrected chi connectivity index (χ2v) is 5.99. The first-order valence-electron chi connectivity index (χ1n) is 7.48. The minimum absolute atomic E-state index is 0.155. The van der Waals surface area contributed by atoms with Gasteiger partial charge in [-0.1, -0.05) is 38.8 Å². The molecular formula is C16H22F3NO. The van der Waals surface area contributed by atoms with Crippen molar-refractivity contribution < 1.29 is 17.9 Å². The van der Waals surface area contributed by atoms with Crippen molar-refractivity contribution >= 4 is 5.69 Å². The molecule has 1 aromatic carbocycles. The summed E-state index contributed by atoms with van der Waals surface area (Å²) in [6.07, 6.45) is -0.243. The van der Waals surface area contributed by atoms with Crippen LogP contribution in [0.25, 0.3) is 0 Å². The molecule has 0 saturated heterocycles. The van der Waals surface area contributed by atoms with Crippen LogP contribution < -0.4 is 10.1 Å². The standard InChI is InChI=1S/C16H22F3NO/c1-11(2)12-7-3-4-8-13(12)20-14-9-5-6-10-15(14)21-16(17,18)19/h5-6,9-13,20H,3-4,7-8H2,1-2H3. The van der Waals surface area contributed by atoms with Crippen molar-refractivity contribution in [2.75, 3.05) is 5.32 Å². The van der Waals surface area contributed by atoms with Crippen LogP contribution in [0.1, 0.15) is 39.5 Å². The average molecular weight is 301 g/mol. The van der Waals surface area contributed by atoms with E-state index in [0.717, 1.165) is 19.3 Å². The highest BCUT2D eigenvalue weighted by atomic mass is 19.4. The minimum Gasteiger partial charge on any atom is -0.404 e. The summed E-state index contributed by atoms with van der Waals surface area (Å²) in [6, 6.07) is 6.47. The molecule has 0 amide bonds. The highest BCUT2D eigenvalue weighted by Crippen LogP contribution is 2.36. The van der Waals surface area contributed by atoms with E-state index in [9.17, 15) is 13.2 Å². The summed E-state index contributed by atoms with van der Waals surface area (Å²) in [7, 11) is 0. The summed E-state index contributed by atoms with van der Waals surface area (Å²) >= 11 is 0. The normalized spacial score (nSPS) is 23.1. The minimum atomic E-state index is -4.66. The van der Waals surface area contributed by atoms with Gasteiger partial charge in [0.15, 0.2) is 5.75 Å². The second-order valence-electron chi connectivity index (χ2n) is 5.99. The Bertz CT molecular complexity index is 459. The lowest BCUT2D eigenvalue weighted by atomic mass is 9.78. The predicted molar refractivity (Wildman–Crippen MR) is 77.3 cm³/mol. The maximum atomic E-state index is 12.5. The van der Waals surface area contributed by atoms with Crippen LogP contribution in [-0.2, 0) is 0 Å². The molecule has 1 aliphatic carbocycles. The van der Waals surface area contributed by atoms with Gasteiger partial charge in [-0.05, 0) is 36.8 Å². The number of alkyl halides is 3. The van der Waals surface area contributed by atoms with Crippen molar-refractivity contribution in [1.82, 2.24) is 0 Å². The van der Waals surface area contributed by atoms with Crippen LogP contribution in [0.5, 0.6) is 5.75 Å². The number of hydrogen-bond donors (Lipinski definition) is 1. The Hall–Kier alpha value is -1.39. The average Bonchev–Trinajstić information content (AvgIpc) is 2.40. The van der Waals surface area contributed by atoms with E-state index < -0.39 is 6.36 Å². The number of anilines is 1. The molecule has 2 nitrogen and oxygen atoms in total. The highest BCUT2D eigenvalue weighted by molar-refractivity contribution is 5.57. The van der Waals surface area contributed by atoms with Crippen LogP contribution in [-0.4, -0.2) is 12.4 Å². The van der Waals surface area contributed by atoms with E-state index in [0.29, 0.717) is 17.5 Å². The van der Waals surface area contributed by atoms with E-state index in [2.05, 4.69) is 23.9 Å². The van der Waals surface area contributed by atoms with Gasteiger partial charge in [-0.15, -0.1) is 13.2 Å². The Morgan fingerprint density at radius 3 is 2.48 bits per heavy atom. The molecule has 0 bridgehead atoms. The van der Waals surface area contributed by atoms with E-state index in [1.165, 1.54) is 12.5 Å². The largest absolute Gasteiger partial charge is 0.573 e. The van der Waals surface area contributed by atoms with Gasteiger partial charge in [0.2, 0.25) is 0 Å². The van der Waals surface area contributed by atoms with E-state index in [1.54, 1.807) is 18.2 Å². The lowest BCUT2D eigenvalue weighted by Crippen LogP contribution is -2.35. The zero-order valence-electron chi connectivity index (χ0n) is 12.4. The molecule has 2 unspecified atom stereocenters. The summed E-state index contributed by atoms with van der Waals surface area (Å²) in [6.45, 7) is 4.34. The molecule has 0 aromatic heterocycles. The molecule has 0 spiro atoms. The number of nitrogens with one attached hydrogen (secondary N) is 1. The smallest absolute Gasteiger partial charge is 0.404 e. The molecule has 1 aliphatic rings. The third kappa shape index (κ3) is 4.55. The number of rotatable bonds is 4. The zero-order chi connectivity index (χ0) is 15.5. The van der Waals surface area contributed by atoms with E-state index >= 15 is 0 Å². The predicted octanol–water partition coefficient (Wildman–Crippen LogP) is 5.21. The highest BCUT2D eigenvalue weighted by Gasteiger charge is 2.33. The molecule has 1 aromatic rings. The van der Waals surface area contributed by atoms with Crippen LogP contribution >= 0.6 is 0 Å². The van der Waals surface area contributed by atoms with E-state index in [-0.39, 0.29) is 11.8 Å². The summed E-state index contributed by atoms with van der Waals surface area (Å²) in [4.78, 5) is 0. The zero-order valence-corrected chi connectivity index (χ0v) is 12.4. The number of hydrogen-bond acceptors (Lipinski definition) is 2. The summed E-state index contributed by atoms with van der Waals surface area (Å²) in [5.74, 6) is 0.842. The van der Waals surface area contributed by atoms with Gasteiger partial charge in [-0.2, -0.15) is 0 Å². The fourth-order valence-corrected chi connectivity index (χ4v) is 3.14. The topological polar surface area (TPSA) is 21.3 Å². The maximum absolute atomic E-state index is 12.5. The first-order chi connectivity index (χ1) is 9.87. The van der Waals surface area contributed by atoms with Crippen molar-refractivity contribution in [3.05, 3.63) is 24.3 Å². The molecule has 2 atom stereocenters. The van der Waals surface area contributed by atoms with Crippen LogP contribution in [0.3, 0.4) is 0 Å². The number of ether oxygens (including phenoxy) is 1. The third-order valence-corrected chi connectivity index (χ3v) is 4.13. The molecule has 1 N–H and O–H groups in total. The maximum Gasteiger partial charge on any atom is 0.573 e. The molecule has 118 valence electrons. The lowest BCUT2D eigenvalue weighted by Gasteiger charge is -2.35. The first-order valence-corrected chi connectivity index (χ1v) is 7.48. The summed E-state index contributed by atoms with van der Waals surface area (Å²) in [5, 5.41) is 3.28. The number of benzene rings is 1. The van der Waals surface area contributed by atoms with Crippen molar-refractivity contribution in [3.63, 3.8) is 0 Å². The lowest BCUT2D eigenvalue weighted by molar-refractivity contribution is -0.274. The molecule has 0 radical (unpaired) electrons. The fraction of sp³-hybridized carbons (Fsp3) is 0.625. The first kappa shape index (κ1) is 16.0. The Morgan fingerprint density at radius 1 is 1.14 bits per heavy atom. The third-order valence-electron chi connectivity index (χ3n) is 4.13. The Labute approximate surface area is 123 Å². The van der Waals surface area contributed by atoms with Gasteiger partial charge in [-0.25, -0.2) is 0 Å². The van der Waals surface area contributed by atoms with Gasteiger partial charge in [0.25, 0.3) is 0 Å². The summed E-state index contributed by atoms with van der Waals surface area (Å²) < 4.78 is 41.5. The Balaban J connectivity index is 2.14. The van der Waals surface area contributed by atoms with Crippen molar-refractivity contribution in [2.24, 2.45) is 11.8 Å². The molecule has 0 heterocycles. The van der Waals surface area contributed by atoms with Crippen molar-refractivity contribution in [2.45, 2.75) is 51.9 Å². The monoisotopic (exact) mass is 301 g/mol. The fourth-order valence-electron chi connectivity index (χ4n) is 3.14. The number of para-hydroxylation sites is 2. The van der Waals surface area contributed by atoms with Gasteiger partial charge >= 0.3 is 6.36 Å². The summed E-state index contributed by atoms with van der Waals surface area (Å²) in [5.41, 5.74) is 0.423. The molecule has 2 rings (SSSR count). The van der Waals surface area contributed by atoms with Crippen molar-refractivity contribution in [3.8, 4) is 5.75 Å². The van der Waals surface area contributed by atoms with Crippen LogP contribution in [0.2, 0.25) is 0 Å². The van der Waals surface area contributed by atoms with Gasteiger partial charge in [0, 0.05) is 6.04 Å². The van der Waals surface area contributed by atoms with Gasteiger partial charge in [0.05, 0.1) is 5.69 Å². The second kappa shape index (κ2) is 6.58. The molecule has 1 fully saturated rings. The Morgan fingerprint density at radius 2 is 1.81 bits per heavy atom. The Kier molecular flexibility index (Phi) is 5.01.